The molecule has 5 rings (SSSR count). The van der Waals surface area contributed by atoms with Crippen LogP contribution in [-0.2, 0) is 9.53 Å². The Morgan fingerprint density at radius 2 is 1.85 bits per heavy atom. The van der Waals surface area contributed by atoms with Gasteiger partial charge >= 0.3 is 0 Å². The fraction of sp³-hybridized carbons (Fsp3) is 0.375. The normalized spacial score (nSPS) is 19.1. The molecule has 33 heavy (non-hydrogen) atoms. The van der Waals surface area contributed by atoms with Crippen LogP contribution >= 0.6 is 23.2 Å². The van der Waals surface area contributed by atoms with Gasteiger partial charge in [-0.2, -0.15) is 5.26 Å². The van der Waals surface area contributed by atoms with E-state index in [0.29, 0.717) is 41.9 Å². The van der Waals surface area contributed by atoms with Crippen LogP contribution in [0.4, 0.5) is 5.95 Å². The summed E-state index contributed by atoms with van der Waals surface area (Å²) in [7, 11) is 0. The van der Waals surface area contributed by atoms with Crippen LogP contribution in [0.25, 0.3) is 16.7 Å². The molecule has 1 amide bonds. The quantitative estimate of drug-likeness (QED) is 0.596. The van der Waals surface area contributed by atoms with Crippen molar-refractivity contribution in [3.8, 4) is 11.8 Å². The summed E-state index contributed by atoms with van der Waals surface area (Å²) in [5.41, 5.74) is 3.05. The average molecular weight is 484 g/mol. The number of aromatic nitrogens is 2. The minimum Gasteiger partial charge on any atom is -0.379 e. The molecule has 0 bridgehead atoms. The third kappa shape index (κ3) is 4.39. The number of nitrogens with zero attached hydrogens (tertiary/aromatic N) is 4. The number of carbonyl (C=O) groups excluding carboxylic acids is 1. The first kappa shape index (κ1) is 22.0. The molecule has 0 aliphatic carbocycles. The molecule has 1 atom stereocenters. The van der Waals surface area contributed by atoms with Crippen molar-refractivity contribution in [2.24, 2.45) is 5.92 Å². The second kappa shape index (κ2) is 9.22. The Kier molecular flexibility index (Phi) is 6.15. The van der Waals surface area contributed by atoms with E-state index in [1.807, 2.05) is 22.8 Å². The number of amides is 1. The van der Waals surface area contributed by atoms with Crippen LogP contribution in [0.1, 0.15) is 24.8 Å². The number of halogens is 2. The van der Waals surface area contributed by atoms with Gasteiger partial charge in [-0.1, -0.05) is 23.2 Å². The second-order valence-electron chi connectivity index (χ2n) is 8.49. The first-order chi connectivity index (χ1) is 16.0. The summed E-state index contributed by atoms with van der Waals surface area (Å²) in [4.78, 5) is 19.8. The molecule has 170 valence electrons. The van der Waals surface area contributed by atoms with Crippen molar-refractivity contribution < 1.29 is 9.53 Å². The van der Waals surface area contributed by atoms with E-state index in [0.717, 1.165) is 41.9 Å². The van der Waals surface area contributed by atoms with Crippen LogP contribution < -0.4 is 10.2 Å². The van der Waals surface area contributed by atoms with Crippen molar-refractivity contribution in [1.82, 2.24) is 14.9 Å². The first-order valence-corrected chi connectivity index (χ1v) is 11.8. The van der Waals surface area contributed by atoms with E-state index in [1.54, 1.807) is 18.2 Å². The van der Waals surface area contributed by atoms with E-state index in [4.69, 9.17) is 38.2 Å². The number of carbonyl (C=O) groups is 1. The molecule has 2 aliphatic heterocycles. The first-order valence-electron chi connectivity index (χ1n) is 11.0. The zero-order valence-electron chi connectivity index (χ0n) is 17.9. The molecular formula is C24H23Cl2N5O2. The molecule has 7 nitrogen and oxygen atoms in total. The number of hydrogen-bond donors (Lipinski definition) is 1. The molecule has 2 saturated heterocycles. The summed E-state index contributed by atoms with van der Waals surface area (Å²) in [5, 5.41) is 13.2. The standard InChI is InChI=1S/C24H23Cl2N5O2/c25-19-11-21-22(12-20(19)26)31(18-3-1-15(13-27)2-4-18)24(29-21)30-8-5-16(6-9-30)23(32)28-17-7-10-33-14-17/h1-4,11-12,16-17H,5-10,14H2,(H,28,32). The highest BCUT2D eigenvalue weighted by molar-refractivity contribution is 6.42. The van der Waals surface area contributed by atoms with Crippen LogP contribution in [0.2, 0.25) is 10.0 Å². The van der Waals surface area contributed by atoms with Gasteiger partial charge in [0.25, 0.3) is 0 Å². The van der Waals surface area contributed by atoms with E-state index >= 15 is 0 Å². The number of piperidine rings is 1. The predicted molar refractivity (Wildman–Crippen MR) is 128 cm³/mol. The Bertz CT molecular complexity index is 1220. The second-order valence-corrected chi connectivity index (χ2v) is 9.31. The summed E-state index contributed by atoms with van der Waals surface area (Å²) >= 11 is 12.6. The van der Waals surface area contributed by atoms with E-state index in [-0.39, 0.29) is 17.9 Å². The molecule has 0 saturated carbocycles. The van der Waals surface area contributed by atoms with E-state index in [9.17, 15) is 4.79 Å². The molecule has 1 N–H and O–H groups in total. The van der Waals surface area contributed by atoms with Crippen molar-refractivity contribution in [2.75, 3.05) is 31.2 Å². The van der Waals surface area contributed by atoms with Crippen molar-refractivity contribution in [2.45, 2.75) is 25.3 Å². The van der Waals surface area contributed by atoms with Crippen LogP contribution in [0.5, 0.6) is 0 Å². The fourth-order valence-corrected chi connectivity index (χ4v) is 4.84. The lowest BCUT2D eigenvalue weighted by Gasteiger charge is -2.32. The Morgan fingerprint density at radius 3 is 2.52 bits per heavy atom. The number of ether oxygens (including phenoxy) is 1. The monoisotopic (exact) mass is 483 g/mol. The molecule has 2 fully saturated rings. The van der Waals surface area contributed by atoms with E-state index < -0.39 is 0 Å². The fourth-order valence-electron chi connectivity index (χ4n) is 4.52. The Balaban J connectivity index is 1.43. The summed E-state index contributed by atoms with van der Waals surface area (Å²) in [6.07, 6.45) is 2.37. The number of nitriles is 1. The van der Waals surface area contributed by atoms with Gasteiger partial charge in [0.15, 0.2) is 0 Å². The molecule has 2 aliphatic rings. The van der Waals surface area contributed by atoms with Crippen molar-refractivity contribution in [3.63, 3.8) is 0 Å². The van der Waals surface area contributed by atoms with Gasteiger partial charge in [-0.25, -0.2) is 4.98 Å². The third-order valence-corrected chi connectivity index (χ3v) is 7.08. The van der Waals surface area contributed by atoms with Crippen molar-refractivity contribution >= 4 is 46.1 Å². The number of nitrogens with one attached hydrogen (secondary N) is 1. The van der Waals surface area contributed by atoms with Gasteiger partial charge < -0.3 is 15.0 Å². The maximum Gasteiger partial charge on any atom is 0.223 e. The van der Waals surface area contributed by atoms with Crippen molar-refractivity contribution in [1.29, 1.82) is 5.26 Å². The van der Waals surface area contributed by atoms with Crippen molar-refractivity contribution in [3.05, 3.63) is 52.0 Å². The Hall–Kier alpha value is -2.79. The van der Waals surface area contributed by atoms with Crippen LogP contribution in [-0.4, -0.2) is 47.8 Å². The van der Waals surface area contributed by atoms with Gasteiger partial charge in [-0.15, -0.1) is 0 Å². The van der Waals surface area contributed by atoms with Gasteiger partial charge in [-0.3, -0.25) is 9.36 Å². The highest BCUT2D eigenvalue weighted by atomic mass is 35.5. The van der Waals surface area contributed by atoms with Gasteiger partial charge in [0, 0.05) is 31.3 Å². The third-order valence-electron chi connectivity index (χ3n) is 6.36. The molecule has 0 spiro atoms. The number of imidazole rings is 1. The van der Waals surface area contributed by atoms with Gasteiger partial charge in [0.2, 0.25) is 11.9 Å². The number of anilines is 1. The van der Waals surface area contributed by atoms with Gasteiger partial charge in [0.05, 0.1) is 45.4 Å². The zero-order valence-corrected chi connectivity index (χ0v) is 19.4. The molecule has 2 aromatic carbocycles. The van der Waals surface area contributed by atoms with E-state index in [2.05, 4.69) is 16.3 Å². The molecule has 3 aromatic rings. The largest absolute Gasteiger partial charge is 0.379 e. The summed E-state index contributed by atoms with van der Waals surface area (Å²) in [5.74, 6) is 0.874. The summed E-state index contributed by atoms with van der Waals surface area (Å²) < 4.78 is 7.40. The lowest BCUT2D eigenvalue weighted by Crippen LogP contribution is -2.44. The molecular weight excluding hydrogens is 461 g/mol. The number of hydrogen-bond acceptors (Lipinski definition) is 5. The minimum atomic E-state index is -0.0153. The molecule has 9 heteroatoms. The Morgan fingerprint density at radius 1 is 1.12 bits per heavy atom. The maximum absolute atomic E-state index is 12.7. The minimum absolute atomic E-state index is 0.0153. The van der Waals surface area contributed by atoms with Gasteiger partial charge in [0.1, 0.15) is 0 Å². The molecule has 0 radical (unpaired) electrons. The summed E-state index contributed by atoms with van der Waals surface area (Å²) in [6.45, 7) is 2.73. The van der Waals surface area contributed by atoms with Crippen LogP contribution in [0.15, 0.2) is 36.4 Å². The summed E-state index contributed by atoms with van der Waals surface area (Å²) in [6, 6.07) is 13.2. The highest BCUT2D eigenvalue weighted by Crippen LogP contribution is 2.34. The van der Waals surface area contributed by atoms with Gasteiger partial charge in [-0.05, 0) is 55.7 Å². The van der Waals surface area contributed by atoms with Crippen LogP contribution in [0.3, 0.4) is 0 Å². The highest BCUT2D eigenvalue weighted by Gasteiger charge is 2.30. The molecule has 3 heterocycles. The topological polar surface area (TPSA) is 83.2 Å². The lowest BCUT2D eigenvalue weighted by molar-refractivity contribution is -0.126. The predicted octanol–water partition coefficient (Wildman–Crippen LogP) is 4.33. The molecule has 1 unspecified atom stereocenters. The smallest absolute Gasteiger partial charge is 0.223 e. The number of fused-ring (bicyclic) bond motifs is 1. The Labute approximate surface area is 201 Å². The van der Waals surface area contributed by atoms with Crippen LogP contribution in [0, 0.1) is 17.2 Å². The maximum atomic E-state index is 12.7. The van der Waals surface area contributed by atoms with E-state index in [1.165, 1.54) is 0 Å². The SMILES string of the molecule is N#Cc1ccc(-n2c(N3CCC(C(=O)NC4CCOC4)CC3)nc3cc(Cl)c(Cl)cc32)cc1. The molecule has 1 aromatic heterocycles. The number of rotatable bonds is 4. The average Bonchev–Trinajstić information content (AvgIpc) is 3.47. The lowest BCUT2D eigenvalue weighted by atomic mass is 9.95. The zero-order chi connectivity index (χ0) is 22.9. The number of benzene rings is 2.